The highest BCUT2D eigenvalue weighted by Gasteiger charge is 2.13. The summed E-state index contributed by atoms with van der Waals surface area (Å²) >= 11 is 1.26. The summed E-state index contributed by atoms with van der Waals surface area (Å²) in [5.41, 5.74) is 0.909. The number of hydrogen-bond acceptors (Lipinski definition) is 6. The molecule has 0 aliphatic rings. The Morgan fingerprint density at radius 1 is 1.43 bits per heavy atom. The summed E-state index contributed by atoms with van der Waals surface area (Å²) in [6.45, 7) is 4.73. The highest BCUT2D eigenvalue weighted by atomic mass is 32.1. The third kappa shape index (κ3) is 4.12. The lowest BCUT2D eigenvalue weighted by Crippen LogP contribution is -2.13. The summed E-state index contributed by atoms with van der Waals surface area (Å²) in [4.78, 5) is 27.5. The maximum atomic E-state index is 12.0. The van der Waals surface area contributed by atoms with Crippen molar-refractivity contribution in [1.29, 1.82) is 0 Å². The van der Waals surface area contributed by atoms with Crippen molar-refractivity contribution in [2.24, 2.45) is 0 Å². The SMILES string of the molecule is CCOC(=O)Cc1csc(NC(=O)c2ccn(CC)n2)n1. The fourth-order valence-electron chi connectivity index (χ4n) is 1.63. The summed E-state index contributed by atoms with van der Waals surface area (Å²) in [6, 6.07) is 1.64. The molecule has 2 aromatic heterocycles. The second-order valence-corrected chi connectivity index (χ2v) is 4.99. The topological polar surface area (TPSA) is 86.1 Å². The van der Waals surface area contributed by atoms with E-state index in [1.54, 1.807) is 29.2 Å². The minimum absolute atomic E-state index is 0.102. The molecule has 112 valence electrons. The molecule has 0 fully saturated rings. The molecule has 21 heavy (non-hydrogen) atoms. The van der Waals surface area contributed by atoms with E-state index in [0.29, 0.717) is 29.7 Å². The molecule has 8 heteroatoms. The van der Waals surface area contributed by atoms with Crippen molar-refractivity contribution < 1.29 is 14.3 Å². The summed E-state index contributed by atoms with van der Waals surface area (Å²) in [7, 11) is 0. The van der Waals surface area contributed by atoms with Crippen LogP contribution in [0, 0.1) is 0 Å². The van der Waals surface area contributed by atoms with Crippen molar-refractivity contribution in [3.8, 4) is 0 Å². The van der Waals surface area contributed by atoms with Gasteiger partial charge in [-0.05, 0) is 19.9 Å². The zero-order chi connectivity index (χ0) is 15.2. The van der Waals surface area contributed by atoms with Crippen LogP contribution in [0.5, 0.6) is 0 Å². The first kappa shape index (κ1) is 15.2. The normalized spacial score (nSPS) is 10.4. The summed E-state index contributed by atoms with van der Waals surface area (Å²) in [5.74, 6) is -0.651. The number of ether oxygens (including phenoxy) is 1. The van der Waals surface area contributed by atoms with Gasteiger partial charge in [0.2, 0.25) is 0 Å². The fraction of sp³-hybridized carbons (Fsp3) is 0.385. The first-order valence-corrected chi connectivity index (χ1v) is 7.45. The number of anilines is 1. The van der Waals surface area contributed by atoms with E-state index >= 15 is 0 Å². The Bertz CT molecular complexity index is 635. The highest BCUT2D eigenvalue weighted by molar-refractivity contribution is 7.14. The Labute approximate surface area is 125 Å². The van der Waals surface area contributed by atoms with E-state index in [1.165, 1.54) is 11.3 Å². The minimum atomic E-state index is -0.331. The maximum absolute atomic E-state index is 12.0. The van der Waals surface area contributed by atoms with E-state index in [4.69, 9.17) is 4.74 Å². The van der Waals surface area contributed by atoms with Crippen LogP contribution < -0.4 is 5.32 Å². The molecular formula is C13H16N4O3S. The van der Waals surface area contributed by atoms with Crippen LogP contribution in [-0.4, -0.2) is 33.2 Å². The molecule has 1 amide bonds. The Morgan fingerprint density at radius 3 is 2.90 bits per heavy atom. The van der Waals surface area contributed by atoms with E-state index in [-0.39, 0.29) is 18.3 Å². The number of carbonyl (C=O) groups excluding carboxylic acids is 2. The van der Waals surface area contributed by atoms with Gasteiger partial charge in [0.25, 0.3) is 5.91 Å². The zero-order valence-electron chi connectivity index (χ0n) is 11.8. The second kappa shape index (κ2) is 6.98. The maximum Gasteiger partial charge on any atom is 0.311 e. The molecule has 7 nitrogen and oxygen atoms in total. The quantitative estimate of drug-likeness (QED) is 0.821. The molecular weight excluding hydrogens is 292 g/mol. The Morgan fingerprint density at radius 2 is 2.24 bits per heavy atom. The standard InChI is InChI=1S/C13H16N4O3S/c1-3-17-6-5-10(16-17)12(19)15-13-14-9(8-21-13)7-11(18)20-4-2/h5-6,8H,3-4,7H2,1-2H3,(H,14,15,19). The van der Waals surface area contributed by atoms with Gasteiger partial charge < -0.3 is 4.74 Å². The predicted octanol–water partition coefficient (Wildman–Crippen LogP) is 1.72. The van der Waals surface area contributed by atoms with E-state index in [1.807, 2.05) is 6.92 Å². The highest BCUT2D eigenvalue weighted by Crippen LogP contribution is 2.17. The first-order chi connectivity index (χ1) is 10.1. The molecule has 0 unspecified atom stereocenters. The molecule has 2 rings (SSSR count). The third-order valence-electron chi connectivity index (χ3n) is 2.60. The average molecular weight is 308 g/mol. The van der Waals surface area contributed by atoms with Crippen LogP contribution in [0.25, 0.3) is 0 Å². The number of carbonyl (C=O) groups is 2. The van der Waals surface area contributed by atoms with Crippen LogP contribution >= 0.6 is 11.3 Å². The largest absolute Gasteiger partial charge is 0.466 e. The van der Waals surface area contributed by atoms with Gasteiger partial charge >= 0.3 is 5.97 Å². The van der Waals surface area contributed by atoms with Crippen LogP contribution in [0.1, 0.15) is 30.0 Å². The average Bonchev–Trinajstić information content (AvgIpc) is 3.08. The van der Waals surface area contributed by atoms with Crippen LogP contribution in [-0.2, 0) is 22.5 Å². The van der Waals surface area contributed by atoms with Gasteiger partial charge in [-0.25, -0.2) is 4.98 Å². The molecule has 0 aliphatic carbocycles. The molecule has 0 atom stereocenters. The molecule has 2 aromatic rings. The molecule has 0 bridgehead atoms. The third-order valence-corrected chi connectivity index (χ3v) is 3.41. The van der Waals surface area contributed by atoms with Crippen LogP contribution in [0.2, 0.25) is 0 Å². The van der Waals surface area contributed by atoms with Crippen LogP contribution in [0.15, 0.2) is 17.6 Å². The number of rotatable bonds is 6. The number of thiazole rings is 1. The van der Waals surface area contributed by atoms with Gasteiger partial charge in [-0.1, -0.05) is 0 Å². The van der Waals surface area contributed by atoms with Crippen LogP contribution in [0.4, 0.5) is 5.13 Å². The van der Waals surface area contributed by atoms with Crippen molar-refractivity contribution in [3.05, 3.63) is 29.0 Å². The van der Waals surface area contributed by atoms with Gasteiger partial charge in [-0.3, -0.25) is 19.6 Å². The zero-order valence-corrected chi connectivity index (χ0v) is 12.6. The van der Waals surface area contributed by atoms with Gasteiger partial charge in [0.15, 0.2) is 10.8 Å². The summed E-state index contributed by atoms with van der Waals surface area (Å²) < 4.78 is 6.52. The van der Waals surface area contributed by atoms with Crippen molar-refractivity contribution in [1.82, 2.24) is 14.8 Å². The van der Waals surface area contributed by atoms with Gasteiger partial charge in [0.1, 0.15) is 0 Å². The van der Waals surface area contributed by atoms with Gasteiger partial charge in [0, 0.05) is 18.1 Å². The fourth-order valence-corrected chi connectivity index (χ4v) is 2.33. The Kier molecular flexibility index (Phi) is 5.04. The monoisotopic (exact) mass is 308 g/mol. The number of nitrogens with one attached hydrogen (secondary N) is 1. The molecule has 0 radical (unpaired) electrons. The number of aryl methyl sites for hydroxylation is 1. The molecule has 0 saturated carbocycles. The Hall–Kier alpha value is -2.22. The molecule has 0 aromatic carbocycles. The smallest absolute Gasteiger partial charge is 0.311 e. The molecule has 0 aliphatic heterocycles. The summed E-state index contributed by atoms with van der Waals surface area (Å²) in [6.07, 6.45) is 1.84. The minimum Gasteiger partial charge on any atom is -0.466 e. The first-order valence-electron chi connectivity index (χ1n) is 6.57. The number of aromatic nitrogens is 3. The van der Waals surface area contributed by atoms with E-state index in [9.17, 15) is 9.59 Å². The van der Waals surface area contributed by atoms with Gasteiger partial charge in [0.05, 0.1) is 18.7 Å². The lowest BCUT2D eigenvalue weighted by Gasteiger charge is -1.99. The van der Waals surface area contributed by atoms with Crippen molar-refractivity contribution in [2.75, 3.05) is 11.9 Å². The molecule has 0 saturated heterocycles. The van der Waals surface area contributed by atoms with Crippen molar-refractivity contribution in [2.45, 2.75) is 26.8 Å². The van der Waals surface area contributed by atoms with Gasteiger partial charge in [-0.15, -0.1) is 11.3 Å². The molecule has 2 heterocycles. The van der Waals surface area contributed by atoms with Crippen molar-refractivity contribution >= 4 is 28.3 Å². The number of nitrogens with zero attached hydrogens (tertiary/aromatic N) is 3. The number of amides is 1. The Balaban J connectivity index is 1.95. The van der Waals surface area contributed by atoms with Gasteiger partial charge in [-0.2, -0.15) is 5.10 Å². The van der Waals surface area contributed by atoms with Crippen LogP contribution in [0.3, 0.4) is 0 Å². The van der Waals surface area contributed by atoms with E-state index < -0.39 is 0 Å². The lowest BCUT2D eigenvalue weighted by atomic mass is 10.3. The van der Waals surface area contributed by atoms with E-state index in [2.05, 4.69) is 15.4 Å². The molecule has 0 spiro atoms. The second-order valence-electron chi connectivity index (χ2n) is 4.14. The predicted molar refractivity (Wildman–Crippen MR) is 78.3 cm³/mol. The number of esters is 1. The lowest BCUT2D eigenvalue weighted by molar-refractivity contribution is -0.142. The summed E-state index contributed by atoms with van der Waals surface area (Å²) in [5, 5.41) is 8.93. The van der Waals surface area contributed by atoms with Crippen molar-refractivity contribution in [3.63, 3.8) is 0 Å². The van der Waals surface area contributed by atoms with E-state index in [0.717, 1.165) is 0 Å². The molecule has 1 N–H and O–H groups in total. The number of hydrogen-bond donors (Lipinski definition) is 1.